The summed E-state index contributed by atoms with van der Waals surface area (Å²) in [6, 6.07) is 5.58. The largest absolute Gasteiger partial charge is 0.466 e. The number of alkyl halides is 2. The molecule has 6 rings (SSSR count). The second kappa shape index (κ2) is 10.2. The van der Waals surface area contributed by atoms with Gasteiger partial charge in [0.25, 0.3) is 22.9 Å². The van der Waals surface area contributed by atoms with E-state index < -0.39 is 12.0 Å². The molecule has 2 saturated carbocycles. The van der Waals surface area contributed by atoms with Gasteiger partial charge in [-0.1, -0.05) is 17.4 Å². The van der Waals surface area contributed by atoms with E-state index in [9.17, 15) is 18.4 Å². The SMILES string of the molecule is CN1Cc2c(C(=O)NC3CCC(CCN4CCc5sc(OC6CC(F)(F)C6)nc5C4)CC3)cccc2C1=O. The lowest BCUT2D eigenvalue weighted by atomic mass is 9.83. The molecule has 2 amide bonds. The third-order valence-corrected chi connectivity index (χ3v) is 9.58. The second-order valence-electron chi connectivity index (χ2n) is 11.4. The van der Waals surface area contributed by atoms with Crippen LogP contribution in [0.2, 0.25) is 0 Å². The van der Waals surface area contributed by atoms with Crippen LogP contribution in [-0.2, 0) is 19.5 Å². The summed E-state index contributed by atoms with van der Waals surface area (Å²) in [6.45, 7) is 3.28. The fraction of sp³-hybridized carbons (Fsp3) is 0.607. The van der Waals surface area contributed by atoms with Crippen LogP contribution in [0.1, 0.15) is 81.8 Å². The van der Waals surface area contributed by atoms with Gasteiger partial charge in [-0.05, 0) is 68.7 Å². The molecule has 2 fully saturated rings. The van der Waals surface area contributed by atoms with Gasteiger partial charge in [-0.3, -0.25) is 14.5 Å². The summed E-state index contributed by atoms with van der Waals surface area (Å²) >= 11 is 1.51. The molecule has 10 heteroatoms. The summed E-state index contributed by atoms with van der Waals surface area (Å²) in [5.74, 6) is -2.03. The molecule has 0 radical (unpaired) electrons. The first kappa shape index (κ1) is 25.7. The number of carbonyl (C=O) groups is 2. The topological polar surface area (TPSA) is 74.8 Å². The van der Waals surface area contributed by atoms with Crippen molar-refractivity contribution in [3.63, 3.8) is 0 Å². The van der Waals surface area contributed by atoms with Crippen LogP contribution in [0.15, 0.2) is 18.2 Å². The Hall–Kier alpha value is -2.59. The second-order valence-corrected chi connectivity index (χ2v) is 12.4. The standard InChI is InChI=1S/C28H34F2N4O3S/c1-33-15-22-20(3-2-4-21(22)26(33)36)25(35)31-18-7-5-17(6-8-18)9-11-34-12-10-24-23(16-34)32-27(38-24)37-19-13-28(29,30)14-19/h2-4,17-19H,5-16H2,1H3,(H,31,35). The van der Waals surface area contributed by atoms with E-state index in [4.69, 9.17) is 4.74 Å². The van der Waals surface area contributed by atoms with E-state index >= 15 is 0 Å². The molecule has 0 spiro atoms. The van der Waals surface area contributed by atoms with Crippen LogP contribution in [-0.4, -0.2) is 64.8 Å². The molecule has 0 atom stereocenters. The van der Waals surface area contributed by atoms with Crippen molar-refractivity contribution in [2.75, 3.05) is 20.1 Å². The van der Waals surface area contributed by atoms with Crippen molar-refractivity contribution in [3.05, 3.63) is 45.5 Å². The Balaban J connectivity index is 0.940. The number of carbonyl (C=O) groups excluding carboxylic acids is 2. The molecule has 1 aromatic carbocycles. The van der Waals surface area contributed by atoms with Crippen molar-refractivity contribution in [1.29, 1.82) is 0 Å². The molecular weight excluding hydrogens is 510 g/mol. The van der Waals surface area contributed by atoms with Crippen molar-refractivity contribution < 1.29 is 23.1 Å². The number of fused-ring (bicyclic) bond motifs is 2. The maximum absolute atomic E-state index is 13.1. The maximum Gasteiger partial charge on any atom is 0.273 e. The van der Waals surface area contributed by atoms with E-state index in [1.807, 2.05) is 6.07 Å². The molecule has 7 nitrogen and oxygen atoms in total. The first-order chi connectivity index (χ1) is 18.2. The number of halogens is 2. The highest BCUT2D eigenvalue weighted by atomic mass is 32.1. The average Bonchev–Trinajstić information content (AvgIpc) is 3.41. The molecule has 0 unspecified atom stereocenters. The van der Waals surface area contributed by atoms with E-state index in [-0.39, 0.29) is 30.7 Å². The van der Waals surface area contributed by atoms with Gasteiger partial charge < -0.3 is 15.0 Å². The minimum absolute atomic E-state index is 0.0235. The molecule has 1 N–H and O–H groups in total. The smallest absolute Gasteiger partial charge is 0.273 e. The van der Waals surface area contributed by atoms with Crippen molar-refractivity contribution in [2.24, 2.45) is 5.92 Å². The zero-order valence-corrected chi connectivity index (χ0v) is 22.5. The van der Waals surface area contributed by atoms with Gasteiger partial charge >= 0.3 is 0 Å². The van der Waals surface area contributed by atoms with Crippen LogP contribution < -0.4 is 10.1 Å². The van der Waals surface area contributed by atoms with Gasteiger partial charge in [0, 0.05) is 61.6 Å². The minimum Gasteiger partial charge on any atom is -0.466 e. The van der Waals surface area contributed by atoms with Gasteiger partial charge in [0.15, 0.2) is 0 Å². The number of nitrogens with one attached hydrogen (secondary N) is 1. The molecule has 4 aliphatic rings. The Morgan fingerprint density at radius 2 is 2.00 bits per heavy atom. The monoisotopic (exact) mass is 544 g/mol. The van der Waals surface area contributed by atoms with Crippen LogP contribution >= 0.6 is 11.3 Å². The van der Waals surface area contributed by atoms with Crippen molar-refractivity contribution in [1.82, 2.24) is 20.1 Å². The Morgan fingerprint density at radius 3 is 2.76 bits per heavy atom. The van der Waals surface area contributed by atoms with Gasteiger partial charge in [0.2, 0.25) is 0 Å². The molecule has 0 saturated heterocycles. The summed E-state index contributed by atoms with van der Waals surface area (Å²) < 4.78 is 31.9. The molecule has 2 aliphatic carbocycles. The van der Waals surface area contributed by atoms with Crippen LogP contribution in [0.25, 0.3) is 0 Å². The number of aromatic nitrogens is 1. The van der Waals surface area contributed by atoms with Crippen molar-refractivity contribution in [3.8, 4) is 5.19 Å². The van der Waals surface area contributed by atoms with Crippen LogP contribution in [0.4, 0.5) is 8.78 Å². The Labute approximate surface area is 225 Å². The van der Waals surface area contributed by atoms with Gasteiger partial charge in [0.1, 0.15) is 6.10 Å². The molecule has 204 valence electrons. The number of hydrogen-bond acceptors (Lipinski definition) is 6. The first-order valence-electron chi connectivity index (χ1n) is 13.7. The summed E-state index contributed by atoms with van der Waals surface area (Å²) in [6.07, 6.45) is 5.38. The Morgan fingerprint density at radius 1 is 1.21 bits per heavy atom. The number of ether oxygens (including phenoxy) is 1. The van der Waals surface area contributed by atoms with Crippen LogP contribution in [0.5, 0.6) is 5.19 Å². The summed E-state index contributed by atoms with van der Waals surface area (Å²) in [5, 5.41) is 3.76. The molecule has 0 bridgehead atoms. The van der Waals surface area contributed by atoms with Crippen molar-refractivity contribution in [2.45, 2.75) is 82.5 Å². The van der Waals surface area contributed by atoms with Gasteiger partial charge in [-0.2, -0.15) is 0 Å². The van der Waals surface area contributed by atoms with Gasteiger partial charge in [0.05, 0.1) is 5.69 Å². The van der Waals surface area contributed by atoms with Gasteiger partial charge in [-0.15, -0.1) is 0 Å². The van der Waals surface area contributed by atoms with E-state index in [0.717, 1.165) is 69.4 Å². The lowest BCUT2D eigenvalue weighted by molar-refractivity contribution is -0.134. The number of amides is 2. The maximum atomic E-state index is 13.1. The number of nitrogens with zero attached hydrogens (tertiary/aromatic N) is 3. The minimum atomic E-state index is -2.58. The first-order valence-corrected chi connectivity index (χ1v) is 14.5. The Bertz CT molecular complexity index is 1220. The average molecular weight is 545 g/mol. The molecule has 3 heterocycles. The fourth-order valence-corrected chi connectivity index (χ4v) is 7.18. The molecule has 2 aromatic rings. The van der Waals surface area contributed by atoms with E-state index in [0.29, 0.717) is 28.8 Å². The fourth-order valence-electron chi connectivity index (χ4n) is 6.21. The molecular formula is C28H34F2N4O3S. The number of benzene rings is 1. The zero-order valence-electron chi connectivity index (χ0n) is 21.7. The third kappa shape index (κ3) is 5.30. The van der Waals surface area contributed by atoms with E-state index in [2.05, 4.69) is 15.2 Å². The Kier molecular flexibility index (Phi) is 6.88. The molecule has 38 heavy (non-hydrogen) atoms. The summed E-state index contributed by atoms with van der Waals surface area (Å²) in [4.78, 5) is 35.2. The lowest BCUT2D eigenvalue weighted by Gasteiger charge is -2.33. The molecule has 1 aromatic heterocycles. The third-order valence-electron chi connectivity index (χ3n) is 8.54. The molecule has 2 aliphatic heterocycles. The summed E-state index contributed by atoms with van der Waals surface area (Å²) in [7, 11) is 1.76. The van der Waals surface area contributed by atoms with E-state index in [1.54, 1.807) is 24.1 Å². The predicted octanol–water partition coefficient (Wildman–Crippen LogP) is 4.64. The lowest BCUT2D eigenvalue weighted by Crippen LogP contribution is -2.43. The van der Waals surface area contributed by atoms with Crippen LogP contribution in [0.3, 0.4) is 0 Å². The highest BCUT2D eigenvalue weighted by Gasteiger charge is 2.47. The quantitative estimate of drug-likeness (QED) is 0.550. The number of thiazole rings is 1. The predicted molar refractivity (Wildman–Crippen MR) is 140 cm³/mol. The van der Waals surface area contributed by atoms with Gasteiger partial charge in [-0.25, -0.2) is 13.8 Å². The normalized spacial score (nSPS) is 25.0. The van der Waals surface area contributed by atoms with E-state index in [1.165, 1.54) is 16.2 Å². The highest BCUT2D eigenvalue weighted by molar-refractivity contribution is 7.13. The van der Waals surface area contributed by atoms with Crippen molar-refractivity contribution >= 4 is 23.2 Å². The summed E-state index contributed by atoms with van der Waals surface area (Å²) in [5.41, 5.74) is 3.12. The zero-order chi connectivity index (χ0) is 26.4. The number of hydrogen-bond donors (Lipinski definition) is 1. The number of rotatable bonds is 7. The highest BCUT2D eigenvalue weighted by Crippen LogP contribution is 2.41. The van der Waals surface area contributed by atoms with Crippen LogP contribution in [0, 0.1) is 5.92 Å².